The van der Waals surface area contributed by atoms with E-state index in [2.05, 4.69) is 42.9 Å². The first-order chi connectivity index (χ1) is 17.8. The Morgan fingerprint density at radius 1 is 1.03 bits per heavy atom. The molecule has 4 nitrogen and oxygen atoms in total. The highest BCUT2D eigenvalue weighted by Crippen LogP contribution is 2.37. The second kappa shape index (κ2) is 13.1. The molecule has 2 amide bonds. The summed E-state index contributed by atoms with van der Waals surface area (Å²) in [6.07, 6.45) is 11.3. The number of anilines is 1. The summed E-state index contributed by atoms with van der Waals surface area (Å²) in [5, 5.41) is 5.89. The summed E-state index contributed by atoms with van der Waals surface area (Å²) in [6, 6.07) is 12.9. The average Bonchev–Trinajstić information content (AvgIpc) is 3.27. The molecule has 0 aliphatic heterocycles. The molecule has 0 fully saturated rings. The van der Waals surface area contributed by atoms with Crippen LogP contribution in [-0.4, -0.2) is 23.1 Å². The van der Waals surface area contributed by atoms with Crippen molar-refractivity contribution in [2.75, 3.05) is 11.1 Å². The van der Waals surface area contributed by atoms with E-state index < -0.39 is 17.3 Å². The van der Waals surface area contributed by atoms with Gasteiger partial charge in [0, 0.05) is 34.7 Å². The molecule has 2 aromatic rings. The molecule has 1 aliphatic carbocycles. The third kappa shape index (κ3) is 7.20. The van der Waals surface area contributed by atoms with Crippen molar-refractivity contribution in [1.29, 1.82) is 0 Å². The molecular formula is C31H33FN2O2S. The zero-order valence-corrected chi connectivity index (χ0v) is 22.2. The van der Waals surface area contributed by atoms with E-state index in [1.165, 1.54) is 29.8 Å². The molecule has 37 heavy (non-hydrogen) atoms. The van der Waals surface area contributed by atoms with Crippen LogP contribution in [0.2, 0.25) is 0 Å². The van der Waals surface area contributed by atoms with Crippen LogP contribution in [0.4, 0.5) is 10.1 Å². The molecule has 0 heterocycles. The Morgan fingerprint density at radius 3 is 2.19 bits per heavy atom. The van der Waals surface area contributed by atoms with E-state index in [0.717, 1.165) is 28.2 Å². The summed E-state index contributed by atoms with van der Waals surface area (Å²) in [5.41, 5.74) is 2.67. The van der Waals surface area contributed by atoms with Crippen LogP contribution in [0.25, 0.3) is 0 Å². The summed E-state index contributed by atoms with van der Waals surface area (Å²) >= 11 is 1.73. The minimum Gasteiger partial charge on any atom is -0.337 e. The van der Waals surface area contributed by atoms with Gasteiger partial charge in [-0.05, 0) is 78.6 Å². The molecule has 0 radical (unpaired) electrons. The molecule has 1 aliphatic rings. The number of carbonyl (C=O) groups is 2. The summed E-state index contributed by atoms with van der Waals surface area (Å²) < 4.78 is 13.3. The van der Waals surface area contributed by atoms with Gasteiger partial charge in [-0.2, -0.15) is 0 Å². The minimum atomic E-state index is -1.22. The topological polar surface area (TPSA) is 58.2 Å². The third-order valence-electron chi connectivity index (χ3n) is 6.15. The number of carbonyl (C=O) groups excluding carboxylic acids is 2. The molecule has 0 aromatic heterocycles. The maximum absolute atomic E-state index is 13.6. The van der Waals surface area contributed by atoms with Crippen LogP contribution in [0, 0.1) is 5.82 Å². The summed E-state index contributed by atoms with van der Waals surface area (Å²) in [7, 11) is 0. The lowest BCUT2D eigenvalue weighted by Crippen LogP contribution is -2.55. The van der Waals surface area contributed by atoms with Crippen LogP contribution in [0.5, 0.6) is 0 Å². The van der Waals surface area contributed by atoms with Crippen LogP contribution in [0.1, 0.15) is 43.5 Å². The molecule has 0 atom stereocenters. The molecule has 0 spiro atoms. The number of allylic oxidation sites excluding steroid dienone is 5. The zero-order valence-electron chi connectivity index (χ0n) is 21.4. The van der Waals surface area contributed by atoms with Gasteiger partial charge in [-0.25, -0.2) is 4.39 Å². The molecule has 0 saturated heterocycles. The highest BCUT2D eigenvalue weighted by Gasteiger charge is 2.45. The van der Waals surface area contributed by atoms with Gasteiger partial charge in [0.1, 0.15) is 11.4 Å². The Kier molecular flexibility index (Phi) is 9.86. The first kappa shape index (κ1) is 27.9. The van der Waals surface area contributed by atoms with Crippen molar-refractivity contribution in [3.05, 3.63) is 120 Å². The highest BCUT2D eigenvalue weighted by molar-refractivity contribution is 7.99. The standard InChI is InChI=1S/C31H33FN2O2S/c1-5-9-22(10-6-2)21-37-28-17-15-27(16-18-28)33-30(36)31(19-23(7-3)24(8-4)20-31)34-29(35)25-11-13-26(32)14-12-25/h5,7-18H,3-4,6,19-21H2,1-2H3,(H,33,36)(H,34,35)/b9-5-,22-10+. The summed E-state index contributed by atoms with van der Waals surface area (Å²) in [5.74, 6) is -0.355. The Hall–Kier alpha value is -3.64. The molecule has 0 saturated carbocycles. The van der Waals surface area contributed by atoms with Gasteiger partial charge in [-0.1, -0.05) is 50.5 Å². The minimum absolute atomic E-state index is 0.275. The zero-order chi connectivity index (χ0) is 26.8. The van der Waals surface area contributed by atoms with E-state index >= 15 is 0 Å². The Labute approximate surface area is 223 Å². The number of thioether (sulfide) groups is 1. The first-order valence-electron chi connectivity index (χ1n) is 12.2. The Balaban J connectivity index is 1.76. The van der Waals surface area contributed by atoms with Crippen LogP contribution >= 0.6 is 11.8 Å². The van der Waals surface area contributed by atoms with E-state index in [1.54, 1.807) is 23.9 Å². The van der Waals surface area contributed by atoms with Gasteiger partial charge in [-0.15, -0.1) is 11.8 Å². The van der Waals surface area contributed by atoms with Gasteiger partial charge in [0.15, 0.2) is 0 Å². The van der Waals surface area contributed by atoms with Gasteiger partial charge in [0.05, 0.1) is 0 Å². The second-order valence-corrected chi connectivity index (χ2v) is 9.86. The molecular weight excluding hydrogens is 483 g/mol. The van der Waals surface area contributed by atoms with E-state index in [4.69, 9.17) is 0 Å². The van der Waals surface area contributed by atoms with Crippen molar-refractivity contribution in [2.45, 2.75) is 43.5 Å². The van der Waals surface area contributed by atoms with Gasteiger partial charge in [0.25, 0.3) is 11.8 Å². The van der Waals surface area contributed by atoms with E-state index in [1.807, 2.05) is 37.3 Å². The number of halogens is 1. The van der Waals surface area contributed by atoms with E-state index in [9.17, 15) is 14.0 Å². The number of hydrogen-bond donors (Lipinski definition) is 2. The Morgan fingerprint density at radius 2 is 1.65 bits per heavy atom. The number of rotatable bonds is 11. The van der Waals surface area contributed by atoms with Crippen molar-refractivity contribution in [3.63, 3.8) is 0 Å². The molecule has 0 unspecified atom stereocenters. The Bertz CT molecular complexity index is 1220. The van der Waals surface area contributed by atoms with Crippen LogP contribution in [0.3, 0.4) is 0 Å². The molecule has 3 rings (SSSR count). The third-order valence-corrected chi connectivity index (χ3v) is 7.23. The molecule has 2 N–H and O–H groups in total. The fourth-order valence-electron chi connectivity index (χ4n) is 4.25. The predicted molar refractivity (Wildman–Crippen MR) is 152 cm³/mol. The fourth-order valence-corrected chi connectivity index (χ4v) is 5.12. The van der Waals surface area contributed by atoms with Crippen molar-refractivity contribution in [1.82, 2.24) is 5.32 Å². The van der Waals surface area contributed by atoms with Crippen molar-refractivity contribution < 1.29 is 14.0 Å². The maximum Gasteiger partial charge on any atom is 0.252 e. The molecule has 2 aromatic carbocycles. The van der Waals surface area contributed by atoms with Gasteiger partial charge in [-0.3, -0.25) is 9.59 Å². The SMILES string of the molecule is C=CC1=C(C=C)CC(NC(=O)c2ccc(F)cc2)(C(=O)Nc2ccc(SCC(/C=C\C)=C/CC)cc2)C1. The lowest BCUT2D eigenvalue weighted by Gasteiger charge is -2.30. The van der Waals surface area contributed by atoms with Crippen LogP contribution < -0.4 is 10.6 Å². The smallest absolute Gasteiger partial charge is 0.252 e. The summed E-state index contributed by atoms with van der Waals surface area (Å²) in [6.45, 7) is 11.8. The van der Waals surface area contributed by atoms with Gasteiger partial charge < -0.3 is 10.6 Å². The number of hydrogen-bond acceptors (Lipinski definition) is 3. The largest absolute Gasteiger partial charge is 0.337 e. The monoisotopic (exact) mass is 516 g/mol. The van der Waals surface area contributed by atoms with Crippen LogP contribution in [0.15, 0.2) is 114 Å². The summed E-state index contributed by atoms with van der Waals surface area (Å²) in [4.78, 5) is 27.7. The van der Waals surface area contributed by atoms with Crippen molar-refractivity contribution in [2.24, 2.45) is 0 Å². The quantitative estimate of drug-likeness (QED) is 0.242. The first-order valence-corrected chi connectivity index (χ1v) is 13.2. The van der Waals surface area contributed by atoms with Crippen molar-refractivity contribution >= 4 is 29.3 Å². The van der Waals surface area contributed by atoms with E-state index in [-0.39, 0.29) is 24.3 Å². The normalized spacial score (nSPS) is 15.1. The van der Waals surface area contributed by atoms with E-state index in [0.29, 0.717) is 5.69 Å². The number of benzene rings is 2. The molecule has 192 valence electrons. The van der Waals surface area contributed by atoms with Gasteiger partial charge in [0.2, 0.25) is 0 Å². The number of nitrogens with one attached hydrogen (secondary N) is 2. The number of amides is 2. The molecule has 6 heteroatoms. The lowest BCUT2D eigenvalue weighted by atomic mass is 9.92. The maximum atomic E-state index is 13.6. The fraction of sp³-hybridized carbons (Fsp3) is 0.226. The molecule has 0 bridgehead atoms. The van der Waals surface area contributed by atoms with Crippen LogP contribution in [-0.2, 0) is 4.79 Å². The second-order valence-electron chi connectivity index (χ2n) is 8.81. The highest BCUT2D eigenvalue weighted by atomic mass is 32.2. The average molecular weight is 517 g/mol. The van der Waals surface area contributed by atoms with Gasteiger partial charge >= 0.3 is 0 Å². The predicted octanol–water partition coefficient (Wildman–Crippen LogP) is 7.40. The lowest BCUT2D eigenvalue weighted by molar-refractivity contribution is -0.121. The van der Waals surface area contributed by atoms with Crippen molar-refractivity contribution in [3.8, 4) is 0 Å².